The van der Waals surface area contributed by atoms with Crippen LogP contribution >= 0.6 is 0 Å². The lowest BCUT2D eigenvalue weighted by atomic mass is 10.2. The summed E-state index contributed by atoms with van der Waals surface area (Å²) in [6, 6.07) is 9.87. The molecule has 0 bridgehead atoms. The Balaban J connectivity index is 1.59. The van der Waals surface area contributed by atoms with Gasteiger partial charge in [-0.05, 0) is 44.2 Å². The molecule has 2 aromatic heterocycles. The second-order valence-electron chi connectivity index (χ2n) is 5.77. The molecule has 0 spiro atoms. The van der Waals surface area contributed by atoms with Crippen LogP contribution in [0.4, 0.5) is 0 Å². The summed E-state index contributed by atoms with van der Waals surface area (Å²) < 4.78 is 10.8. The van der Waals surface area contributed by atoms with E-state index < -0.39 is 11.8 Å². The van der Waals surface area contributed by atoms with Crippen LogP contribution in [0.1, 0.15) is 37.7 Å². The van der Waals surface area contributed by atoms with Gasteiger partial charge in [0.15, 0.2) is 0 Å². The summed E-state index contributed by atoms with van der Waals surface area (Å²) in [5.41, 5.74) is 7.03. The number of pyridine rings is 1. The van der Waals surface area contributed by atoms with Crippen molar-refractivity contribution >= 4 is 11.8 Å². The van der Waals surface area contributed by atoms with Gasteiger partial charge in [0.2, 0.25) is 0 Å². The zero-order chi connectivity index (χ0) is 19.2. The topological polar surface area (TPSA) is 106 Å². The first-order valence-corrected chi connectivity index (χ1v) is 8.20. The van der Waals surface area contributed by atoms with Crippen LogP contribution < -0.4 is 15.6 Å². The maximum absolute atomic E-state index is 12.3. The van der Waals surface area contributed by atoms with E-state index in [4.69, 9.17) is 9.26 Å². The number of amides is 2. The zero-order valence-corrected chi connectivity index (χ0v) is 14.9. The van der Waals surface area contributed by atoms with Crippen LogP contribution in [0.3, 0.4) is 0 Å². The molecule has 0 unspecified atom stereocenters. The molecule has 2 N–H and O–H groups in total. The van der Waals surface area contributed by atoms with Gasteiger partial charge in [-0.2, -0.15) is 0 Å². The van der Waals surface area contributed by atoms with Crippen LogP contribution in [0.5, 0.6) is 5.75 Å². The number of ether oxygens (including phenoxy) is 1. The Hall–Kier alpha value is -3.68. The summed E-state index contributed by atoms with van der Waals surface area (Å²) in [5, 5.41) is 3.88. The number of aromatic nitrogens is 2. The number of nitrogens with one attached hydrogen (secondary N) is 2. The smallest absolute Gasteiger partial charge is 0.271 e. The van der Waals surface area contributed by atoms with Crippen molar-refractivity contribution in [3.05, 3.63) is 76.9 Å². The predicted octanol–water partition coefficient (Wildman–Crippen LogP) is 2.34. The molecule has 0 atom stereocenters. The first-order valence-electron chi connectivity index (χ1n) is 8.20. The third-order valence-corrected chi connectivity index (χ3v) is 3.87. The summed E-state index contributed by atoms with van der Waals surface area (Å²) in [6.07, 6.45) is 2.97. The van der Waals surface area contributed by atoms with E-state index in [1.807, 2.05) is 13.8 Å². The molecule has 1 aromatic carbocycles. The molecule has 0 aliphatic heterocycles. The van der Waals surface area contributed by atoms with Crippen LogP contribution in [-0.4, -0.2) is 22.0 Å². The number of aryl methyl sites for hydroxylation is 2. The summed E-state index contributed by atoms with van der Waals surface area (Å²) in [7, 11) is 0. The van der Waals surface area contributed by atoms with Gasteiger partial charge < -0.3 is 9.26 Å². The van der Waals surface area contributed by atoms with Gasteiger partial charge in [0, 0.05) is 18.0 Å². The summed E-state index contributed by atoms with van der Waals surface area (Å²) >= 11 is 0. The van der Waals surface area contributed by atoms with Crippen molar-refractivity contribution < 1.29 is 18.8 Å². The van der Waals surface area contributed by atoms with Gasteiger partial charge in [0.1, 0.15) is 18.1 Å². The molecule has 0 saturated carbocycles. The summed E-state index contributed by atoms with van der Waals surface area (Å²) in [5.74, 6) is 0.290. The Labute approximate surface area is 155 Å². The highest BCUT2D eigenvalue weighted by Gasteiger charge is 2.12. The van der Waals surface area contributed by atoms with Crippen LogP contribution in [0, 0.1) is 13.8 Å². The average molecular weight is 366 g/mol. The van der Waals surface area contributed by atoms with Crippen LogP contribution in [0.2, 0.25) is 0 Å². The monoisotopic (exact) mass is 366 g/mol. The maximum Gasteiger partial charge on any atom is 0.271 e. The molecule has 3 rings (SSSR count). The van der Waals surface area contributed by atoms with Crippen LogP contribution in [-0.2, 0) is 6.61 Å². The Morgan fingerprint density at radius 3 is 2.48 bits per heavy atom. The molecule has 0 radical (unpaired) electrons. The van der Waals surface area contributed by atoms with E-state index in [1.165, 1.54) is 6.20 Å². The van der Waals surface area contributed by atoms with E-state index in [-0.39, 0.29) is 6.61 Å². The van der Waals surface area contributed by atoms with Gasteiger partial charge in [0.25, 0.3) is 11.8 Å². The maximum atomic E-state index is 12.3. The second-order valence-corrected chi connectivity index (χ2v) is 5.77. The number of hydrogen-bond donors (Lipinski definition) is 2. The lowest BCUT2D eigenvalue weighted by Crippen LogP contribution is -2.41. The van der Waals surface area contributed by atoms with Crippen molar-refractivity contribution in [2.75, 3.05) is 0 Å². The quantitative estimate of drug-likeness (QED) is 0.671. The predicted molar refractivity (Wildman–Crippen MR) is 95.9 cm³/mol. The Kier molecular flexibility index (Phi) is 5.46. The van der Waals surface area contributed by atoms with Gasteiger partial charge in [-0.1, -0.05) is 11.2 Å². The molecule has 8 nitrogen and oxygen atoms in total. The third kappa shape index (κ3) is 4.49. The van der Waals surface area contributed by atoms with Crippen molar-refractivity contribution in [1.82, 2.24) is 21.0 Å². The summed E-state index contributed by atoms with van der Waals surface area (Å²) in [4.78, 5) is 28.0. The molecule has 27 heavy (non-hydrogen) atoms. The molecule has 2 amide bonds. The normalized spacial score (nSPS) is 10.3. The highest BCUT2D eigenvalue weighted by Crippen LogP contribution is 2.18. The van der Waals surface area contributed by atoms with Crippen molar-refractivity contribution in [3.63, 3.8) is 0 Å². The van der Waals surface area contributed by atoms with Gasteiger partial charge >= 0.3 is 0 Å². The minimum atomic E-state index is -0.463. The van der Waals surface area contributed by atoms with Crippen LogP contribution in [0.25, 0.3) is 0 Å². The Morgan fingerprint density at radius 1 is 1.07 bits per heavy atom. The number of hydrazine groups is 1. The first kappa shape index (κ1) is 18.1. The molecular weight excluding hydrogens is 348 g/mol. The molecule has 138 valence electrons. The number of benzene rings is 1. The molecule has 0 aliphatic carbocycles. The van der Waals surface area contributed by atoms with Gasteiger partial charge in [-0.3, -0.25) is 25.4 Å². The lowest BCUT2D eigenvalue weighted by Gasteiger charge is -2.09. The molecule has 0 saturated heterocycles. The Bertz CT molecular complexity index is 934. The Morgan fingerprint density at radius 2 is 1.81 bits per heavy atom. The van der Waals surface area contributed by atoms with E-state index in [0.29, 0.717) is 22.6 Å². The molecule has 0 aliphatic rings. The fourth-order valence-electron chi connectivity index (χ4n) is 2.35. The van der Waals surface area contributed by atoms with Gasteiger partial charge in [0.05, 0.1) is 16.8 Å². The molecule has 0 fully saturated rings. The minimum Gasteiger partial charge on any atom is -0.489 e. The van der Waals surface area contributed by atoms with Crippen molar-refractivity contribution in [2.24, 2.45) is 0 Å². The number of carbonyl (C=O) groups is 2. The fraction of sp³-hybridized carbons (Fsp3) is 0.158. The van der Waals surface area contributed by atoms with E-state index >= 15 is 0 Å². The minimum absolute atomic E-state index is 0.282. The standard InChI is InChI=1S/C19H18N4O4/c1-12-17(13(2)27-23-12)11-26-16-7-3-5-14(9-16)18(24)21-22-19(25)15-6-4-8-20-10-15/h3-10H,11H2,1-2H3,(H,21,24)(H,22,25). The van der Waals surface area contributed by atoms with E-state index in [1.54, 1.807) is 42.6 Å². The lowest BCUT2D eigenvalue weighted by molar-refractivity contribution is 0.0846. The van der Waals surface area contributed by atoms with Crippen molar-refractivity contribution in [2.45, 2.75) is 20.5 Å². The van der Waals surface area contributed by atoms with Crippen molar-refractivity contribution in [3.8, 4) is 5.75 Å². The average Bonchev–Trinajstić information content (AvgIpc) is 3.02. The molecule has 2 heterocycles. The van der Waals surface area contributed by atoms with E-state index in [9.17, 15) is 9.59 Å². The number of rotatable bonds is 5. The SMILES string of the molecule is Cc1noc(C)c1COc1cccc(C(=O)NNC(=O)c2cccnc2)c1. The van der Waals surface area contributed by atoms with Crippen LogP contribution in [0.15, 0.2) is 53.3 Å². The van der Waals surface area contributed by atoms with E-state index in [2.05, 4.69) is 21.0 Å². The number of hydrogen-bond acceptors (Lipinski definition) is 6. The van der Waals surface area contributed by atoms with Crippen molar-refractivity contribution in [1.29, 1.82) is 0 Å². The molecule has 3 aromatic rings. The largest absolute Gasteiger partial charge is 0.489 e. The molecular formula is C19H18N4O4. The first-order chi connectivity index (χ1) is 13.0. The zero-order valence-electron chi connectivity index (χ0n) is 14.9. The third-order valence-electron chi connectivity index (χ3n) is 3.87. The number of carbonyl (C=O) groups excluding carboxylic acids is 2. The van der Waals surface area contributed by atoms with Gasteiger partial charge in [-0.25, -0.2) is 0 Å². The number of nitrogens with zero attached hydrogens (tertiary/aromatic N) is 2. The second kappa shape index (κ2) is 8.13. The highest BCUT2D eigenvalue weighted by atomic mass is 16.5. The van der Waals surface area contributed by atoms with E-state index in [0.717, 1.165) is 11.3 Å². The summed E-state index contributed by atoms with van der Waals surface area (Å²) in [6.45, 7) is 3.93. The highest BCUT2D eigenvalue weighted by molar-refractivity contribution is 5.99. The fourth-order valence-corrected chi connectivity index (χ4v) is 2.35. The van der Waals surface area contributed by atoms with Gasteiger partial charge in [-0.15, -0.1) is 0 Å². The molecule has 8 heteroatoms.